The summed E-state index contributed by atoms with van der Waals surface area (Å²) in [4.78, 5) is 0. The summed E-state index contributed by atoms with van der Waals surface area (Å²) in [6, 6.07) is 2.19. The van der Waals surface area contributed by atoms with E-state index in [1.165, 1.54) is 25.0 Å². The molecular formula is C9H16N2S. The molecule has 2 atom stereocenters. The van der Waals surface area contributed by atoms with Gasteiger partial charge in [-0.25, -0.2) is 0 Å². The van der Waals surface area contributed by atoms with Crippen molar-refractivity contribution in [3.8, 4) is 6.07 Å². The van der Waals surface area contributed by atoms with Crippen molar-refractivity contribution < 1.29 is 0 Å². The summed E-state index contributed by atoms with van der Waals surface area (Å²) < 4.78 is 0. The summed E-state index contributed by atoms with van der Waals surface area (Å²) in [6.45, 7) is 2.91. The molecule has 0 aromatic heterocycles. The number of hydrogen-bond acceptors (Lipinski definition) is 3. The second-order valence-corrected chi connectivity index (χ2v) is 4.66. The predicted molar refractivity (Wildman–Crippen MR) is 53.2 cm³/mol. The first-order valence-corrected chi connectivity index (χ1v) is 5.62. The number of nitrogens with one attached hydrogen (secondary N) is 1. The Morgan fingerprint density at radius 3 is 3.08 bits per heavy atom. The van der Waals surface area contributed by atoms with Crippen molar-refractivity contribution in [2.24, 2.45) is 0 Å². The number of nitriles is 1. The summed E-state index contributed by atoms with van der Waals surface area (Å²) in [5.74, 6) is 1.30. The van der Waals surface area contributed by atoms with Crippen LogP contribution in [-0.4, -0.2) is 23.6 Å². The second-order valence-electron chi connectivity index (χ2n) is 3.25. The highest BCUT2D eigenvalue weighted by Crippen LogP contribution is 2.24. The van der Waals surface area contributed by atoms with Gasteiger partial charge in [-0.15, -0.1) is 0 Å². The molecule has 0 amide bonds. The van der Waals surface area contributed by atoms with E-state index >= 15 is 0 Å². The average molecular weight is 184 g/mol. The monoisotopic (exact) mass is 184 g/mol. The van der Waals surface area contributed by atoms with E-state index in [2.05, 4.69) is 11.4 Å². The zero-order chi connectivity index (χ0) is 8.81. The molecule has 0 radical (unpaired) electrons. The maximum absolute atomic E-state index is 8.54. The largest absolute Gasteiger partial charge is 0.301 e. The van der Waals surface area contributed by atoms with Gasteiger partial charge in [0, 0.05) is 11.8 Å². The molecule has 0 saturated carbocycles. The van der Waals surface area contributed by atoms with Crippen LogP contribution in [0, 0.1) is 11.3 Å². The van der Waals surface area contributed by atoms with Gasteiger partial charge in [0.25, 0.3) is 0 Å². The van der Waals surface area contributed by atoms with Gasteiger partial charge >= 0.3 is 0 Å². The normalized spacial score (nSPS) is 26.2. The van der Waals surface area contributed by atoms with Crippen LogP contribution in [0.2, 0.25) is 0 Å². The molecule has 1 aliphatic heterocycles. The molecule has 1 rings (SSSR count). The average Bonchev–Trinajstić information content (AvgIpc) is 2.16. The minimum Gasteiger partial charge on any atom is -0.301 e. The zero-order valence-electron chi connectivity index (χ0n) is 7.55. The molecule has 1 N–H and O–H groups in total. The lowest BCUT2D eigenvalue weighted by Gasteiger charge is -2.21. The third-order valence-electron chi connectivity index (χ3n) is 2.12. The zero-order valence-corrected chi connectivity index (χ0v) is 8.36. The van der Waals surface area contributed by atoms with Gasteiger partial charge in [0.15, 0.2) is 0 Å². The second kappa shape index (κ2) is 5.45. The Morgan fingerprint density at radius 2 is 2.50 bits per heavy atom. The van der Waals surface area contributed by atoms with Crippen LogP contribution in [0.15, 0.2) is 0 Å². The molecular weight excluding hydrogens is 168 g/mol. The summed E-state index contributed by atoms with van der Waals surface area (Å²) in [6.07, 6.45) is 4.05. The summed E-state index contributed by atoms with van der Waals surface area (Å²) >= 11 is 2.04. The Bertz CT molecular complexity index is 158. The summed E-state index contributed by atoms with van der Waals surface area (Å²) in [5, 5.41) is 12.5. The van der Waals surface area contributed by atoms with Crippen LogP contribution in [0.5, 0.6) is 0 Å². The van der Waals surface area contributed by atoms with Crippen molar-refractivity contribution in [3.63, 3.8) is 0 Å². The molecule has 68 valence electrons. The maximum Gasteiger partial charge on any atom is 0.0924 e. The summed E-state index contributed by atoms with van der Waals surface area (Å²) in [7, 11) is 0. The molecule has 12 heavy (non-hydrogen) atoms. The van der Waals surface area contributed by atoms with Gasteiger partial charge in [-0.1, -0.05) is 6.42 Å². The maximum atomic E-state index is 8.54. The van der Waals surface area contributed by atoms with Gasteiger partial charge in [-0.3, -0.25) is 0 Å². The topological polar surface area (TPSA) is 35.8 Å². The molecule has 1 heterocycles. The molecule has 2 unspecified atom stereocenters. The van der Waals surface area contributed by atoms with E-state index in [4.69, 9.17) is 5.26 Å². The van der Waals surface area contributed by atoms with E-state index in [1.54, 1.807) is 0 Å². The number of rotatable bonds is 3. The van der Waals surface area contributed by atoms with Crippen LogP contribution in [0.4, 0.5) is 0 Å². The van der Waals surface area contributed by atoms with E-state index in [1.807, 2.05) is 18.7 Å². The van der Waals surface area contributed by atoms with Gasteiger partial charge in [0.2, 0.25) is 0 Å². The highest BCUT2D eigenvalue weighted by atomic mass is 32.2. The molecule has 2 nitrogen and oxygen atoms in total. The highest BCUT2D eigenvalue weighted by molar-refractivity contribution is 7.99. The Morgan fingerprint density at radius 1 is 1.67 bits per heavy atom. The number of thioether (sulfide) groups is 1. The van der Waals surface area contributed by atoms with E-state index in [0.717, 1.165) is 11.8 Å². The van der Waals surface area contributed by atoms with Crippen LogP contribution in [0.3, 0.4) is 0 Å². The van der Waals surface area contributed by atoms with Crippen molar-refractivity contribution in [1.82, 2.24) is 5.32 Å². The first-order chi connectivity index (χ1) is 5.83. The Hall–Kier alpha value is -0.200. The Kier molecular flexibility index (Phi) is 4.49. The lowest BCUT2D eigenvalue weighted by atomic mass is 10.2. The fraction of sp³-hybridized carbons (Fsp3) is 0.889. The Balaban J connectivity index is 2.10. The molecule has 0 aromatic carbocycles. The first-order valence-electron chi connectivity index (χ1n) is 4.57. The van der Waals surface area contributed by atoms with E-state index < -0.39 is 0 Å². The van der Waals surface area contributed by atoms with E-state index in [9.17, 15) is 0 Å². The molecule has 3 heteroatoms. The molecule has 0 aromatic rings. The first kappa shape index (κ1) is 9.88. The fourth-order valence-electron chi connectivity index (χ4n) is 1.32. The van der Waals surface area contributed by atoms with E-state index in [0.29, 0.717) is 0 Å². The number of hydrogen-bond donors (Lipinski definition) is 1. The quantitative estimate of drug-likeness (QED) is 0.726. The molecule has 1 fully saturated rings. The predicted octanol–water partition coefficient (Wildman–Crippen LogP) is 1.77. The third-order valence-corrected chi connectivity index (χ3v) is 3.52. The SMILES string of the molecule is CC(C#N)NCC1CCCCS1. The van der Waals surface area contributed by atoms with Gasteiger partial charge in [-0.2, -0.15) is 17.0 Å². The van der Waals surface area contributed by atoms with Crippen molar-refractivity contribution >= 4 is 11.8 Å². The smallest absolute Gasteiger partial charge is 0.0924 e. The number of nitrogens with zero attached hydrogens (tertiary/aromatic N) is 1. The van der Waals surface area contributed by atoms with Crippen LogP contribution in [-0.2, 0) is 0 Å². The van der Waals surface area contributed by atoms with Crippen LogP contribution in [0.1, 0.15) is 26.2 Å². The molecule has 0 aliphatic carbocycles. The van der Waals surface area contributed by atoms with Crippen molar-refractivity contribution in [3.05, 3.63) is 0 Å². The molecule has 0 spiro atoms. The standard InChI is InChI=1S/C9H16N2S/c1-8(6-10)11-7-9-4-2-3-5-12-9/h8-9,11H,2-5,7H2,1H3. The molecule has 1 saturated heterocycles. The Labute approximate surface area is 78.7 Å². The summed E-state index contributed by atoms with van der Waals surface area (Å²) in [5.41, 5.74) is 0. The minimum absolute atomic E-state index is 0.00697. The van der Waals surface area contributed by atoms with Gasteiger partial charge in [0.1, 0.15) is 0 Å². The van der Waals surface area contributed by atoms with Crippen molar-refractivity contribution in [2.45, 2.75) is 37.5 Å². The fourth-order valence-corrected chi connectivity index (χ4v) is 2.57. The van der Waals surface area contributed by atoms with E-state index in [-0.39, 0.29) is 6.04 Å². The van der Waals surface area contributed by atoms with Gasteiger partial charge in [-0.05, 0) is 25.5 Å². The third kappa shape index (κ3) is 3.46. The molecule has 1 aliphatic rings. The van der Waals surface area contributed by atoms with Crippen LogP contribution >= 0.6 is 11.8 Å². The van der Waals surface area contributed by atoms with Crippen molar-refractivity contribution in [1.29, 1.82) is 5.26 Å². The minimum atomic E-state index is 0.00697. The molecule has 0 bridgehead atoms. The lowest BCUT2D eigenvalue weighted by Crippen LogP contribution is -2.32. The van der Waals surface area contributed by atoms with Gasteiger partial charge in [0.05, 0.1) is 12.1 Å². The van der Waals surface area contributed by atoms with Crippen LogP contribution in [0.25, 0.3) is 0 Å². The lowest BCUT2D eigenvalue weighted by molar-refractivity contribution is 0.577. The van der Waals surface area contributed by atoms with Gasteiger partial charge < -0.3 is 5.32 Å². The van der Waals surface area contributed by atoms with Crippen molar-refractivity contribution in [2.75, 3.05) is 12.3 Å². The van der Waals surface area contributed by atoms with Crippen LogP contribution < -0.4 is 5.32 Å². The highest BCUT2D eigenvalue weighted by Gasteiger charge is 2.13.